The molecule has 0 aliphatic heterocycles. The molecule has 30 heavy (non-hydrogen) atoms. The number of hydrogen-bond acceptors (Lipinski definition) is 5. The van der Waals surface area contributed by atoms with Gasteiger partial charge in [-0.15, -0.1) is 11.3 Å². The van der Waals surface area contributed by atoms with Crippen LogP contribution in [0.2, 0.25) is 0 Å². The maximum Gasteiger partial charge on any atom is 0.266 e. The number of nitrogens with one attached hydrogen (secondary N) is 1. The third-order valence-corrected chi connectivity index (χ3v) is 6.06. The van der Waals surface area contributed by atoms with Gasteiger partial charge in [-0.05, 0) is 43.2 Å². The van der Waals surface area contributed by atoms with Gasteiger partial charge >= 0.3 is 0 Å². The Kier molecular flexibility index (Phi) is 5.63. The number of anilines is 1. The van der Waals surface area contributed by atoms with Crippen molar-refractivity contribution in [3.05, 3.63) is 87.3 Å². The summed E-state index contributed by atoms with van der Waals surface area (Å²) in [5.41, 5.74) is 2.21. The summed E-state index contributed by atoms with van der Waals surface area (Å²) < 4.78 is 7.20. The second-order valence-electron chi connectivity index (χ2n) is 6.91. The van der Waals surface area contributed by atoms with Crippen molar-refractivity contribution in [2.45, 2.75) is 20.4 Å². The van der Waals surface area contributed by atoms with Gasteiger partial charge in [-0.2, -0.15) is 0 Å². The lowest BCUT2D eigenvalue weighted by Gasteiger charge is -2.08. The summed E-state index contributed by atoms with van der Waals surface area (Å²) in [6, 6.07) is 17.0. The molecule has 6 nitrogen and oxygen atoms in total. The van der Waals surface area contributed by atoms with E-state index < -0.39 is 0 Å². The fourth-order valence-electron chi connectivity index (χ4n) is 3.21. The number of para-hydroxylation sites is 2. The van der Waals surface area contributed by atoms with Gasteiger partial charge in [0.2, 0.25) is 0 Å². The number of rotatable bonds is 6. The lowest BCUT2D eigenvalue weighted by atomic mass is 10.2. The first kappa shape index (κ1) is 19.8. The summed E-state index contributed by atoms with van der Waals surface area (Å²) in [6.07, 6.45) is 1.51. The van der Waals surface area contributed by atoms with Crippen LogP contribution in [0.1, 0.15) is 20.8 Å². The molecule has 0 atom stereocenters. The number of hydrogen-bond donors (Lipinski definition) is 1. The van der Waals surface area contributed by atoms with Crippen LogP contribution in [0.15, 0.2) is 65.7 Å². The zero-order valence-corrected chi connectivity index (χ0v) is 17.5. The molecular weight excluding hydrogens is 398 g/mol. The highest BCUT2D eigenvalue weighted by atomic mass is 32.1. The molecule has 7 heteroatoms. The molecule has 0 radical (unpaired) electrons. The topological polar surface area (TPSA) is 73.2 Å². The fraction of sp³-hybridized carbons (Fsp3) is 0.174. The Morgan fingerprint density at radius 3 is 2.60 bits per heavy atom. The van der Waals surface area contributed by atoms with Gasteiger partial charge in [0, 0.05) is 5.69 Å². The smallest absolute Gasteiger partial charge is 0.266 e. The van der Waals surface area contributed by atoms with Crippen molar-refractivity contribution in [1.29, 1.82) is 0 Å². The van der Waals surface area contributed by atoms with Crippen LogP contribution in [-0.4, -0.2) is 22.1 Å². The molecule has 0 fully saturated rings. The van der Waals surface area contributed by atoms with Crippen molar-refractivity contribution < 1.29 is 9.53 Å². The van der Waals surface area contributed by atoms with Crippen LogP contribution in [0.25, 0.3) is 10.2 Å². The van der Waals surface area contributed by atoms with Crippen LogP contribution in [0, 0.1) is 13.8 Å². The molecular formula is C23H21N3O3S. The Morgan fingerprint density at radius 1 is 1.10 bits per heavy atom. The van der Waals surface area contributed by atoms with Gasteiger partial charge in [0.15, 0.2) is 0 Å². The van der Waals surface area contributed by atoms with Crippen LogP contribution < -0.4 is 15.6 Å². The number of ether oxygens (including phenoxy) is 1. The SMILES string of the molecule is Cc1ccccc1NC(=O)c1sc2ncn(CCOc3ccccc3)c(=O)c2c1C. The standard InChI is InChI=1S/C23H21N3O3S/c1-15-8-6-7-11-18(15)25-21(27)20-16(2)19-22(30-20)24-14-26(23(19)28)12-13-29-17-9-4-3-5-10-17/h3-11,14H,12-13H2,1-2H3,(H,25,27). The van der Waals surface area contributed by atoms with Gasteiger partial charge in [-0.25, -0.2) is 4.98 Å². The van der Waals surface area contributed by atoms with E-state index in [-0.39, 0.29) is 11.5 Å². The maximum absolute atomic E-state index is 13.0. The first-order chi connectivity index (χ1) is 14.5. The normalized spacial score (nSPS) is 10.9. The van der Waals surface area contributed by atoms with Gasteiger partial charge < -0.3 is 10.1 Å². The van der Waals surface area contributed by atoms with Crippen LogP contribution in [0.4, 0.5) is 5.69 Å². The number of aromatic nitrogens is 2. The van der Waals surface area contributed by atoms with Gasteiger partial charge in [-0.3, -0.25) is 14.2 Å². The van der Waals surface area contributed by atoms with E-state index in [0.29, 0.717) is 33.8 Å². The molecule has 0 bridgehead atoms. The summed E-state index contributed by atoms with van der Waals surface area (Å²) in [5.74, 6) is 0.518. The molecule has 0 saturated carbocycles. The molecule has 2 aromatic heterocycles. The van der Waals surface area contributed by atoms with E-state index in [0.717, 1.165) is 17.0 Å². The fourth-order valence-corrected chi connectivity index (χ4v) is 4.24. The second kappa shape index (κ2) is 8.51. The lowest BCUT2D eigenvalue weighted by molar-refractivity contribution is 0.103. The number of aryl methyl sites for hydroxylation is 2. The number of fused-ring (bicyclic) bond motifs is 1. The van der Waals surface area contributed by atoms with Gasteiger partial charge in [-0.1, -0.05) is 36.4 Å². The molecule has 0 spiro atoms. The molecule has 4 rings (SSSR count). The maximum atomic E-state index is 13.0. The molecule has 1 N–H and O–H groups in total. The Labute approximate surface area is 177 Å². The zero-order chi connectivity index (χ0) is 21.1. The predicted octanol–water partition coefficient (Wildman–Crippen LogP) is 4.41. The monoisotopic (exact) mass is 419 g/mol. The van der Waals surface area contributed by atoms with Gasteiger partial charge in [0.05, 0.1) is 23.1 Å². The first-order valence-corrected chi connectivity index (χ1v) is 10.4. The Morgan fingerprint density at radius 2 is 1.83 bits per heavy atom. The highest BCUT2D eigenvalue weighted by Gasteiger charge is 2.20. The molecule has 0 aliphatic rings. The number of carbonyl (C=O) groups is 1. The van der Waals surface area contributed by atoms with E-state index in [2.05, 4.69) is 10.3 Å². The molecule has 2 heterocycles. The zero-order valence-electron chi connectivity index (χ0n) is 16.7. The minimum Gasteiger partial charge on any atom is -0.492 e. The summed E-state index contributed by atoms with van der Waals surface area (Å²) in [4.78, 5) is 31.3. The van der Waals surface area contributed by atoms with Crippen molar-refractivity contribution in [1.82, 2.24) is 9.55 Å². The number of amides is 1. The highest BCUT2D eigenvalue weighted by Crippen LogP contribution is 2.28. The average Bonchev–Trinajstić information content (AvgIpc) is 3.09. The number of nitrogens with zero attached hydrogens (tertiary/aromatic N) is 2. The van der Waals surface area contributed by atoms with E-state index in [4.69, 9.17) is 4.74 Å². The minimum atomic E-state index is -0.233. The minimum absolute atomic E-state index is 0.166. The quantitative estimate of drug-likeness (QED) is 0.503. The third-order valence-electron chi connectivity index (χ3n) is 4.86. The van der Waals surface area contributed by atoms with Crippen molar-refractivity contribution in [3.8, 4) is 5.75 Å². The first-order valence-electron chi connectivity index (χ1n) is 9.58. The van der Waals surface area contributed by atoms with Gasteiger partial charge in [0.1, 0.15) is 17.2 Å². The molecule has 0 saturated heterocycles. The van der Waals surface area contributed by atoms with Crippen LogP contribution in [0.3, 0.4) is 0 Å². The molecule has 152 valence electrons. The van der Waals surface area contributed by atoms with E-state index in [1.807, 2.05) is 61.5 Å². The Bertz CT molecular complexity index is 1260. The van der Waals surface area contributed by atoms with Crippen LogP contribution in [-0.2, 0) is 6.54 Å². The van der Waals surface area contributed by atoms with E-state index in [1.165, 1.54) is 22.2 Å². The summed E-state index contributed by atoms with van der Waals surface area (Å²) in [6.45, 7) is 4.45. The Hall–Kier alpha value is -3.45. The van der Waals surface area contributed by atoms with Gasteiger partial charge in [0.25, 0.3) is 11.5 Å². The third kappa shape index (κ3) is 3.97. The van der Waals surface area contributed by atoms with Crippen LogP contribution in [0.5, 0.6) is 5.75 Å². The average molecular weight is 420 g/mol. The van der Waals surface area contributed by atoms with Crippen molar-refractivity contribution in [2.75, 3.05) is 11.9 Å². The summed E-state index contributed by atoms with van der Waals surface area (Å²) >= 11 is 1.23. The van der Waals surface area contributed by atoms with E-state index in [9.17, 15) is 9.59 Å². The lowest BCUT2D eigenvalue weighted by Crippen LogP contribution is -2.23. The molecule has 0 unspecified atom stereocenters. The predicted molar refractivity (Wildman–Crippen MR) is 120 cm³/mol. The number of thiophene rings is 1. The van der Waals surface area contributed by atoms with Crippen molar-refractivity contribution in [2.24, 2.45) is 0 Å². The number of benzene rings is 2. The highest BCUT2D eigenvalue weighted by molar-refractivity contribution is 7.20. The molecule has 0 aliphatic carbocycles. The largest absolute Gasteiger partial charge is 0.492 e. The second-order valence-corrected chi connectivity index (χ2v) is 7.91. The Balaban J connectivity index is 1.56. The van der Waals surface area contributed by atoms with Crippen molar-refractivity contribution >= 4 is 33.1 Å². The number of carbonyl (C=O) groups excluding carboxylic acids is 1. The summed E-state index contributed by atoms with van der Waals surface area (Å²) in [5, 5.41) is 3.41. The summed E-state index contributed by atoms with van der Waals surface area (Å²) in [7, 11) is 0. The van der Waals surface area contributed by atoms with Crippen LogP contribution >= 0.6 is 11.3 Å². The van der Waals surface area contributed by atoms with E-state index >= 15 is 0 Å². The van der Waals surface area contributed by atoms with Crippen molar-refractivity contribution in [3.63, 3.8) is 0 Å². The molecule has 4 aromatic rings. The molecule has 2 aromatic carbocycles. The van der Waals surface area contributed by atoms with E-state index in [1.54, 1.807) is 6.92 Å². The molecule has 1 amide bonds.